The largest absolute Gasteiger partial charge is 0.478 e. The van der Waals surface area contributed by atoms with Crippen LogP contribution in [0.5, 0.6) is 0 Å². The summed E-state index contributed by atoms with van der Waals surface area (Å²) in [5.74, 6) is -1.24. The lowest BCUT2D eigenvalue weighted by Gasteiger charge is -2.13. The number of nitrogens with one attached hydrogen (secondary N) is 1. The van der Waals surface area contributed by atoms with Crippen LogP contribution in [0.25, 0.3) is 0 Å². The van der Waals surface area contributed by atoms with Gasteiger partial charge in [0.25, 0.3) is 0 Å². The number of rotatable bonds is 6. The molecular formula is C11H15ClN2O4S. The molecular weight excluding hydrogens is 292 g/mol. The van der Waals surface area contributed by atoms with Gasteiger partial charge in [-0.25, -0.2) is 17.5 Å². The minimum atomic E-state index is -3.32. The zero-order valence-corrected chi connectivity index (χ0v) is 12.1. The van der Waals surface area contributed by atoms with Gasteiger partial charge < -0.3 is 10.4 Å². The third-order valence-electron chi connectivity index (χ3n) is 2.44. The van der Waals surface area contributed by atoms with Crippen LogP contribution in [0.3, 0.4) is 0 Å². The molecule has 0 amide bonds. The van der Waals surface area contributed by atoms with E-state index in [9.17, 15) is 13.2 Å². The van der Waals surface area contributed by atoms with E-state index < -0.39 is 16.0 Å². The third-order valence-corrected chi connectivity index (χ3v) is 4.51. The predicted molar refractivity (Wildman–Crippen MR) is 74.4 cm³/mol. The van der Waals surface area contributed by atoms with Crippen molar-refractivity contribution in [2.75, 3.05) is 31.7 Å². The van der Waals surface area contributed by atoms with Gasteiger partial charge in [0.05, 0.1) is 17.0 Å². The summed E-state index contributed by atoms with van der Waals surface area (Å²) in [6.45, 7) is 0.0983. The minimum absolute atomic E-state index is 0.0478. The molecule has 0 saturated carbocycles. The molecule has 0 unspecified atom stereocenters. The Kier molecular flexibility index (Phi) is 5.16. The monoisotopic (exact) mass is 306 g/mol. The zero-order valence-electron chi connectivity index (χ0n) is 10.6. The van der Waals surface area contributed by atoms with Crippen LogP contribution in [0.15, 0.2) is 18.2 Å². The number of hydrogen-bond donors (Lipinski definition) is 2. The normalized spacial score (nSPS) is 11.6. The lowest BCUT2D eigenvalue weighted by molar-refractivity contribution is 0.0698. The van der Waals surface area contributed by atoms with E-state index in [0.29, 0.717) is 10.7 Å². The van der Waals surface area contributed by atoms with Crippen molar-refractivity contribution in [3.8, 4) is 0 Å². The Morgan fingerprint density at radius 2 is 2.05 bits per heavy atom. The highest BCUT2D eigenvalue weighted by Crippen LogP contribution is 2.21. The number of carboxylic acid groups (broad SMARTS) is 1. The lowest BCUT2D eigenvalue weighted by Crippen LogP contribution is -2.28. The summed E-state index contributed by atoms with van der Waals surface area (Å²) in [5.41, 5.74) is 0.348. The second-order valence-corrected chi connectivity index (χ2v) is 6.76. The number of sulfonamides is 1. The van der Waals surface area contributed by atoms with Crippen molar-refractivity contribution in [3.05, 3.63) is 28.8 Å². The molecule has 1 aromatic carbocycles. The molecule has 106 valence electrons. The van der Waals surface area contributed by atoms with Crippen molar-refractivity contribution in [2.45, 2.75) is 0 Å². The molecule has 0 heterocycles. The Hall–Kier alpha value is -1.31. The van der Waals surface area contributed by atoms with Crippen molar-refractivity contribution >= 4 is 33.3 Å². The van der Waals surface area contributed by atoms with Crippen molar-refractivity contribution < 1.29 is 18.3 Å². The fourth-order valence-electron chi connectivity index (χ4n) is 1.35. The van der Waals surface area contributed by atoms with E-state index >= 15 is 0 Å². The van der Waals surface area contributed by atoms with E-state index in [2.05, 4.69) is 5.32 Å². The van der Waals surface area contributed by atoms with Crippen LogP contribution in [0, 0.1) is 0 Å². The molecule has 0 aliphatic heterocycles. The predicted octanol–water partition coefficient (Wildman–Crippen LogP) is 1.34. The van der Waals surface area contributed by atoms with Gasteiger partial charge in [-0.05, 0) is 18.2 Å². The van der Waals surface area contributed by atoms with E-state index in [1.165, 1.54) is 32.3 Å². The maximum absolute atomic E-state index is 11.5. The van der Waals surface area contributed by atoms with Crippen LogP contribution < -0.4 is 5.32 Å². The quantitative estimate of drug-likeness (QED) is 0.828. The number of carbonyl (C=O) groups is 1. The minimum Gasteiger partial charge on any atom is -0.478 e. The number of hydrogen-bond acceptors (Lipinski definition) is 4. The highest BCUT2D eigenvalue weighted by Gasteiger charge is 2.14. The Morgan fingerprint density at radius 3 is 2.58 bits per heavy atom. The molecule has 0 bridgehead atoms. The standard InChI is InChI=1S/C11H15ClN2O4S/c1-14(2)19(17,18)6-5-13-10-7-8(12)3-4-9(10)11(15)16/h3-4,7,13H,5-6H2,1-2H3,(H,15,16). The summed E-state index contributed by atoms with van der Waals surface area (Å²) < 4.78 is 24.2. The number of aromatic carboxylic acids is 1. The molecule has 0 spiro atoms. The Labute approximate surface area is 117 Å². The fourth-order valence-corrected chi connectivity index (χ4v) is 2.24. The van der Waals surface area contributed by atoms with E-state index in [4.69, 9.17) is 16.7 Å². The molecule has 6 nitrogen and oxygen atoms in total. The summed E-state index contributed by atoms with van der Waals surface area (Å²) in [5, 5.41) is 12.1. The summed E-state index contributed by atoms with van der Waals surface area (Å²) >= 11 is 5.78. The smallest absolute Gasteiger partial charge is 0.337 e. The highest BCUT2D eigenvalue weighted by atomic mass is 35.5. The van der Waals surface area contributed by atoms with Crippen LogP contribution in [0.4, 0.5) is 5.69 Å². The average Bonchev–Trinajstić information content (AvgIpc) is 2.28. The van der Waals surface area contributed by atoms with Gasteiger partial charge in [-0.2, -0.15) is 0 Å². The summed E-state index contributed by atoms with van der Waals surface area (Å²) in [4.78, 5) is 11.0. The summed E-state index contributed by atoms with van der Waals surface area (Å²) in [6.07, 6.45) is 0. The van der Waals surface area contributed by atoms with E-state index in [0.717, 1.165) is 4.31 Å². The van der Waals surface area contributed by atoms with Crippen molar-refractivity contribution in [1.82, 2.24) is 4.31 Å². The number of anilines is 1. The van der Waals surface area contributed by atoms with E-state index in [1.807, 2.05) is 0 Å². The first-order valence-corrected chi connectivity index (χ1v) is 7.39. The molecule has 1 rings (SSSR count). The Bertz CT molecular complexity index is 572. The molecule has 0 aliphatic carbocycles. The Balaban J connectivity index is 2.78. The first kappa shape index (κ1) is 15.7. The maximum Gasteiger partial charge on any atom is 0.337 e. The van der Waals surface area contributed by atoms with Crippen molar-refractivity contribution in [2.24, 2.45) is 0 Å². The van der Waals surface area contributed by atoms with Gasteiger partial charge >= 0.3 is 5.97 Å². The fraction of sp³-hybridized carbons (Fsp3) is 0.364. The molecule has 0 aliphatic rings. The molecule has 19 heavy (non-hydrogen) atoms. The summed E-state index contributed by atoms with van der Waals surface area (Å²) in [7, 11) is -0.437. The van der Waals surface area contributed by atoms with E-state index in [1.54, 1.807) is 0 Å². The Morgan fingerprint density at radius 1 is 1.42 bits per heavy atom. The number of benzene rings is 1. The van der Waals surface area contributed by atoms with Crippen molar-refractivity contribution in [3.63, 3.8) is 0 Å². The molecule has 0 aromatic heterocycles. The number of halogens is 1. The molecule has 1 aromatic rings. The van der Waals surface area contributed by atoms with Crippen LogP contribution in [-0.2, 0) is 10.0 Å². The van der Waals surface area contributed by atoms with E-state index in [-0.39, 0.29) is 17.9 Å². The second-order valence-electron chi connectivity index (χ2n) is 4.02. The third kappa shape index (κ3) is 4.38. The SMILES string of the molecule is CN(C)S(=O)(=O)CCNc1cc(Cl)ccc1C(=O)O. The molecule has 0 saturated heterocycles. The number of carboxylic acids is 1. The van der Waals surface area contributed by atoms with Gasteiger partial charge in [-0.1, -0.05) is 11.6 Å². The van der Waals surface area contributed by atoms with Gasteiger partial charge in [-0.15, -0.1) is 0 Å². The maximum atomic E-state index is 11.5. The second kappa shape index (κ2) is 6.23. The molecule has 2 N–H and O–H groups in total. The van der Waals surface area contributed by atoms with Crippen LogP contribution in [0.1, 0.15) is 10.4 Å². The van der Waals surface area contributed by atoms with Gasteiger partial charge in [0, 0.05) is 25.7 Å². The van der Waals surface area contributed by atoms with Crippen LogP contribution in [0.2, 0.25) is 5.02 Å². The van der Waals surface area contributed by atoms with Gasteiger partial charge in [0.1, 0.15) is 0 Å². The van der Waals surface area contributed by atoms with Crippen LogP contribution in [-0.4, -0.2) is 50.2 Å². The molecule has 0 radical (unpaired) electrons. The highest BCUT2D eigenvalue weighted by molar-refractivity contribution is 7.89. The van der Waals surface area contributed by atoms with Gasteiger partial charge in [-0.3, -0.25) is 0 Å². The zero-order chi connectivity index (χ0) is 14.6. The first-order valence-electron chi connectivity index (χ1n) is 5.41. The summed E-state index contributed by atoms with van der Waals surface area (Å²) in [6, 6.07) is 4.29. The average molecular weight is 307 g/mol. The van der Waals surface area contributed by atoms with Crippen molar-refractivity contribution in [1.29, 1.82) is 0 Å². The van der Waals surface area contributed by atoms with Gasteiger partial charge in [0.15, 0.2) is 0 Å². The molecule has 8 heteroatoms. The first-order chi connectivity index (χ1) is 8.74. The van der Waals surface area contributed by atoms with Gasteiger partial charge in [0.2, 0.25) is 10.0 Å². The topological polar surface area (TPSA) is 86.7 Å². The molecule has 0 atom stereocenters. The van der Waals surface area contributed by atoms with Crippen LogP contribution >= 0.6 is 11.6 Å². The molecule has 0 fully saturated rings. The lowest BCUT2D eigenvalue weighted by atomic mass is 10.2. The number of nitrogens with zero attached hydrogens (tertiary/aromatic N) is 1.